The fourth-order valence-electron chi connectivity index (χ4n) is 3.94. The smallest absolute Gasteiger partial charge is 0.221 e. The van der Waals surface area contributed by atoms with Crippen LogP contribution in [0.2, 0.25) is 0 Å². The fourth-order valence-corrected chi connectivity index (χ4v) is 3.94. The van der Waals surface area contributed by atoms with Crippen molar-refractivity contribution in [2.24, 2.45) is 0 Å². The lowest BCUT2D eigenvalue weighted by atomic mass is 9.88. The topological polar surface area (TPSA) is 64.2 Å². The number of nitrogens with zero attached hydrogens (tertiary/aromatic N) is 4. The lowest BCUT2D eigenvalue weighted by molar-refractivity contribution is -0.121. The van der Waals surface area contributed by atoms with Crippen molar-refractivity contribution >= 4 is 11.6 Å². The van der Waals surface area contributed by atoms with Crippen LogP contribution in [0.3, 0.4) is 0 Å². The molecule has 1 N–H and O–H groups in total. The maximum Gasteiger partial charge on any atom is 0.221 e. The first-order valence-electron chi connectivity index (χ1n) is 9.07. The third-order valence-corrected chi connectivity index (χ3v) is 5.14. The molecule has 1 aliphatic heterocycles. The number of hydrogen-bond acceptors (Lipinski definition) is 3. The zero-order valence-corrected chi connectivity index (χ0v) is 14.7. The van der Waals surface area contributed by atoms with Gasteiger partial charge in [0, 0.05) is 30.9 Å². The number of aromatic nitrogens is 4. The zero-order valence-electron chi connectivity index (χ0n) is 14.7. The second-order valence-electron chi connectivity index (χ2n) is 6.81. The molecule has 27 heavy (non-hydrogen) atoms. The van der Waals surface area contributed by atoms with Gasteiger partial charge in [-0.2, -0.15) is 5.10 Å². The van der Waals surface area contributed by atoms with Crippen molar-refractivity contribution in [1.82, 2.24) is 24.5 Å². The molecule has 4 aromatic rings. The van der Waals surface area contributed by atoms with Crippen molar-refractivity contribution in [3.8, 4) is 0 Å². The van der Waals surface area contributed by atoms with Gasteiger partial charge in [-0.15, -0.1) is 0 Å². The average Bonchev–Trinajstić information content (AvgIpc) is 3.29. The maximum absolute atomic E-state index is 12.4. The molecule has 1 atom stereocenters. The molecule has 0 aliphatic carbocycles. The number of benzene rings is 1. The van der Waals surface area contributed by atoms with E-state index < -0.39 is 0 Å². The molecule has 0 saturated heterocycles. The number of hydrogen-bond donors (Lipinski definition) is 1. The van der Waals surface area contributed by atoms with E-state index in [9.17, 15) is 4.79 Å². The van der Waals surface area contributed by atoms with Crippen molar-refractivity contribution in [3.63, 3.8) is 0 Å². The summed E-state index contributed by atoms with van der Waals surface area (Å²) in [6, 6.07) is 16.2. The Morgan fingerprint density at radius 3 is 2.85 bits per heavy atom. The van der Waals surface area contributed by atoms with Gasteiger partial charge in [-0.1, -0.05) is 30.3 Å². The van der Waals surface area contributed by atoms with Crippen LogP contribution in [0.25, 0.3) is 5.65 Å². The Kier molecular flexibility index (Phi) is 3.74. The summed E-state index contributed by atoms with van der Waals surface area (Å²) in [5.41, 5.74) is 5.26. The molecule has 1 aliphatic rings. The highest BCUT2D eigenvalue weighted by atomic mass is 16.1. The van der Waals surface area contributed by atoms with Crippen LogP contribution in [-0.4, -0.2) is 25.1 Å². The lowest BCUT2D eigenvalue weighted by Crippen LogP contribution is -2.22. The summed E-state index contributed by atoms with van der Waals surface area (Å²) in [6.45, 7) is 1.14. The minimum absolute atomic E-state index is 0.0494. The molecule has 1 aromatic carbocycles. The maximum atomic E-state index is 12.4. The first-order chi connectivity index (χ1) is 13.3. The third kappa shape index (κ3) is 2.79. The first-order valence-corrected chi connectivity index (χ1v) is 9.07. The third-order valence-electron chi connectivity index (χ3n) is 5.14. The molecule has 4 heterocycles. The molecule has 134 valence electrons. The monoisotopic (exact) mass is 357 g/mol. The molecular formula is C21H19N5O. The van der Waals surface area contributed by atoms with Crippen LogP contribution in [0.15, 0.2) is 67.1 Å². The van der Waals surface area contributed by atoms with E-state index in [1.807, 2.05) is 53.5 Å². The highest BCUT2D eigenvalue weighted by molar-refractivity contribution is 5.78. The number of carbonyl (C=O) groups excluding carboxylic acids is 1. The van der Waals surface area contributed by atoms with E-state index >= 15 is 0 Å². The van der Waals surface area contributed by atoms with Gasteiger partial charge in [-0.25, -0.2) is 4.98 Å². The molecule has 1 amide bonds. The molecule has 6 heteroatoms. The van der Waals surface area contributed by atoms with Gasteiger partial charge in [-0.3, -0.25) is 9.48 Å². The predicted octanol–water partition coefficient (Wildman–Crippen LogP) is 2.73. The number of rotatable bonds is 3. The molecule has 0 bridgehead atoms. The molecule has 1 unspecified atom stereocenters. The van der Waals surface area contributed by atoms with Crippen molar-refractivity contribution in [1.29, 1.82) is 0 Å². The van der Waals surface area contributed by atoms with Gasteiger partial charge in [0.25, 0.3) is 0 Å². The van der Waals surface area contributed by atoms with E-state index in [0.717, 1.165) is 28.2 Å². The van der Waals surface area contributed by atoms with Crippen molar-refractivity contribution in [2.75, 3.05) is 0 Å². The number of fused-ring (bicyclic) bond motifs is 3. The SMILES string of the molecule is O=C1CC(c2ccccc2Cn2cccn2)c2c(nc3ccccn23)CN1. The molecule has 0 saturated carbocycles. The van der Waals surface area contributed by atoms with Gasteiger partial charge in [0.05, 0.1) is 24.5 Å². The lowest BCUT2D eigenvalue weighted by Gasteiger charge is -2.19. The summed E-state index contributed by atoms with van der Waals surface area (Å²) in [5, 5.41) is 7.33. The average molecular weight is 357 g/mol. The Bertz CT molecular complexity index is 1110. The van der Waals surface area contributed by atoms with Gasteiger partial charge < -0.3 is 9.72 Å². The Morgan fingerprint density at radius 1 is 1.07 bits per heavy atom. The summed E-state index contributed by atoms with van der Waals surface area (Å²) in [6.07, 6.45) is 6.17. The Labute approximate surface area is 156 Å². The van der Waals surface area contributed by atoms with Crippen LogP contribution in [0, 0.1) is 0 Å². The number of pyridine rings is 1. The minimum atomic E-state index is -0.0494. The number of imidazole rings is 1. The summed E-state index contributed by atoms with van der Waals surface area (Å²) < 4.78 is 4.02. The molecule has 5 rings (SSSR count). The van der Waals surface area contributed by atoms with Crippen molar-refractivity contribution in [3.05, 3.63) is 89.6 Å². The summed E-state index contributed by atoms with van der Waals surface area (Å²) >= 11 is 0. The minimum Gasteiger partial charge on any atom is -0.350 e. The van der Waals surface area contributed by atoms with E-state index in [0.29, 0.717) is 19.5 Å². The van der Waals surface area contributed by atoms with Gasteiger partial charge in [-0.05, 0) is 29.3 Å². The highest BCUT2D eigenvalue weighted by Gasteiger charge is 2.30. The number of nitrogens with one attached hydrogen (secondary N) is 1. The zero-order chi connectivity index (χ0) is 18.2. The van der Waals surface area contributed by atoms with Crippen LogP contribution in [0.5, 0.6) is 0 Å². The van der Waals surface area contributed by atoms with Crippen molar-refractivity contribution in [2.45, 2.75) is 25.4 Å². The Hall–Kier alpha value is -3.41. The van der Waals surface area contributed by atoms with Crippen LogP contribution in [-0.2, 0) is 17.9 Å². The Morgan fingerprint density at radius 2 is 1.96 bits per heavy atom. The molecule has 3 aromatic heterocycles. The van der Waals surface area contributed by atoms with Crippen LogP contribution in [0.4, 0.5) is 0 Å². The van der Waals surface area contributed by atoms with Gasteiger partial charge in [0.15, 0.2) is 0 Å². The van der Waals surface area contributed by atoms with E-state index in [2.05, 4.69) is 26.9 Å². The van der Waals surface area contributed by atoms with Crippen LogP contribution < -0.4 is 5.32 Å². The second-order valence-corrected chi connectivity index (χ2v) is 6.81. The van der Waals surface area contributed by atoms with E-state index in [1.54, 1.807) is 6.20 Å². The highest BCUT2D eigenvalue weighted by Crippen LogP contribution is 2.35. The van der Waals surface area contributed by atoms with Crippen LogP contribution in [0.1, 0.15) is 34.9 Å². The first kappa shape index (κ1) is 15.8. The van der Waals surface area contributed by atoms with E-state index in [4.69, 9.17) is 4.98 Å². The second kappa shape index (κ2) is 6.39. The largest absolute Gasteiger partial charge is 0.350 e. The quantitative estimate of drug-likeness (QED) is 0.613. The summed E-state index contributed by atoms with van der Waals surface area (Å²) in [5.74, 6) is 0.00300. The van der Waals surface area contributed by atoms with Gasteiger partial charge >= 0.3 is 0 Å². The molecule has 0 radical (unpaired) electrons. The van der Waals surface area contributed by atoms with Gasteiger partial charge in [0.1, 0.15) is 5.65 Å². The molecule has 0 spiro atoms. The van der Waals surface area contributed by atoms with Crippen LogP contribution >= 0.6 is 0 Å². The molecular weight excluding hydrogens is 338 g/mol. The summed E-state index contributed by atoms with van der Waals surface area (Å²) in [7, 11) is 0. The number of amides is 1. The predicted molar refractivity (Wildman–Crippen MR) is 101 cm³/mol. The normalized spacial score (nSPS) is 16.7. The van der Waals surface area contributed by atoms with Crippen molar-refractivity contribution < 1.29 is 4.79 Å². The standard InChI is InChI=1S/C21H19N5O/c27-20-12-17(16-7-2-1-6-15(16)14-25-10-5-9-23-25)21-18(13-22-20)24-19-8-3-4-11-26(19)21/h1-11,17H,12-14H2,(H,22,27). The van der Waals surface area contributed by atoms with E-state index in [1.165, 1.54) is 0 Å². The Balaban J connectivity index is 1.68. The number of carbonyl (C=O) groups is 1. The molecule has 6 nitrogen and oxygen atoms in total. The summed E-state index contributed by atoms with van der Waals surface area (Å²) in [4.78, 5) is 17.2. The van der Waals surface area contributed by atoms with Gasteiger partial charge in [0.2, 0.25) is 5.91 Å². The fraction of sp³-hybridized carbons (Fsp3) is 0.190. The van der Waals surface area contributed by atoms with E-state index in [-0.39, 0.29) is 11.8 Å². The molecule has 0 fully saturated rings.